The number of methoxy groups -OCH3 is 1. The largest absolute Gasteiger partial charge is 0.497 e. The molecular weight excluding hydrogens is 522 g/mol. The molecule has 4 heterocycles. The molecule has 3 aliphatic rings. The van der Waals surface area contributed by atoms with Crippen molar-refractivity contribution in [3.8, 4) is 17.6 Å². The van der Waals surface area contributed by atoms with Crippen LogP contribution in [0.4, 0.5) is 4.79 Å². The first-order valence-corrected chi connectivity index (χ1v) is 14.1. The number of likely N-dealkylation sites (tertiary alicyclic amines) is 1. The number of urea groups is 1. The summed E-state index contributed by atoms with van der Waals surface area (Å²) in [7, 11) is 1.53. The number of ether oxygens (including phenoxy) is 1. The van der Waals surface area contributed by atoms with Crippen LogP contribution >= 0.6 is 0 Å². The summed E-state index contributed by atoms with van der Waals surface area (Å²) in [6.07, 6.45) is 5.36. The van der Waals surface area contributed by atoms with Crippen molar-refractivity contribution < 1.29 is 23.9 Å². The molecule has 0 spiro atoms. The molecule has 0 saturated carbocycles. The molecule has 2 saturated heterocycles. The number of nitrogens with one attached hydrogen (secondary N) is 2. The van der Waals surface area contributed by atoms with Crippen molar-refractivity contribution in [3.05, 3.63) is 58.4 Å². The minimum atomic E-state index is -1.68. The second-order valence-corrected chi connectivity index (χ2v) is 11.0. The summed E-state index contributed by atoms with van der Waals surface area (Å²) in [5, 5.41) is 4.87. The van der Waals surface area contributed by atoms with Crippen LogP contribution in [0.25, 0.3) is 0 Å². The molecular formula is C31H35N5O5. The molecule has 10 heteroatoms. The number of aromatic nitrogens is 1. The molecule has 41 heavy (non-hydrogen) atoms. The highest BCUT2D eigenvalue weighted by Crippen LogP contribution is 2.28. The maximum absolute atomic E-state index is 13.4. The van der Waals surface area contributed by atoms with Gasteiger partial charge < -0.3 is 19.9 Å². The first-order chi connectivity index (χ1) is 19.7. The van der Waals surface area contributed by atoms with E-state index in [0.29, 0.717) is 41.7 Å². The van der Waals surface area contributed by atoms with Gasteiger partial charge in [-0.25, -0.2) is 9.78 Å². The van der Waals surface area contributed by atoms with Crippen LogP contribution in [0.3, 0.4) is 0 Å². The topological polar surface area (TPSA) is 121 Å². The molecule has 1 aromatic carbocycles. The maximum atomic E-state index is 13.4. The van der Waals surface area contributed by atoms with Gasteiger partial charge in [0.25, 0.3) is 17.7 Å². The zero-order valence-corrected chi connectivity index (χ0v) is 23.7. The maximum Gasteiger partial charge on any atom is 0.323 e. The van der Waals surface area contributed by atoms with Gasteiger partial charge in [0, 0.05) is 25.2 Å². The predicted molar refractivity (Wildman–Crippen MR) is 151 cm³/mol. The second kappa shape index (κ2) is 11.6. The van der Waals surface area contributed by atoms with E-state index in [2.05, 4.69) is 34.4 Å². The van der Waals surface area contributed by atoms with Crippen molar-refractivity contribution in [1.29, 1.82) is 0 Å². The molecule has 0 radical (unpaired) electrons. The van der Waals surface area contributed by atoms with E-state index in [-0.39, 0.29) is 24.9 Å². The summed E-state index contributed by atoms with van der Waals surface area (Å²) in [5.74, 6) is 5.96. The lowest BCUT2D eigenvalue weighted by Crippen LogP contribution is -2.54. The van der Waals surface area contributed by atoms with Gasteiger partial charge in [0.1, 0.15) is 17.1 Å². The molecule has 2 aromatic rings. The summed E-state index contributed by atoms with van der Waals surface area (Å²) in [4.78, 5) is 59.8. The summed E-state index contributed by atoms with van der Waals surface area (Å²) < 4.78 is 5.24. The summed E-state index contributed by atoms with van der Waals surface area (Å²) >= 11 is 0. The highest BCUT2D eigenvalue weighted by molar-refractivity contribution is 6.10. The average molecular weight is 558 g/mol. The van der Waals surface area contributed by atoms with Crippen LogP contribution in [0.2, 0.25) is 0 Å². The van der Waals surface area contributed by atoms with Gasteiger partial charge >= 0.3 is 6.03 Å². The van der Waals surface area contributed by atoms with E-state index in [1.165, 1.54) is 18.4 Å². The lowest BCUT2D eigenvalue weighted by Gasteiger charge is -2.28. The number of hydrogen-bond acceptors (Lipinski definition) is 6. The van der Waals surface area contributed by atoms with E-state index in [0.717, 1.165) is 36.8 Å². The molecule has 214 valence electrons. The Labute approximate surface area is 239 Å². The van der Waals surface area contributed by atoms with Crippen LogP contribution in [-0.2, 0) is 11.3 Å². The third kappa shape index (κ3) is 5.75. The van der Waals surface area contributed by atoms with E-state index in [9.17, 15) is 19.2 Å². The molecule has 0 bridgehead atoms. The Morgan fingerprint density at radius 2 is 1.98 bits per heavy atom. The van der Waals surface area contributed by atoms with Gasteiger partial charge in [0.05, 0.1) is 13.7 Å². The van der Waals surface area contributed by atoms with E-state index in [1.807, 2.05) is 17.9 Å². The van der Waals surface area contributed by atoms with E-state index in [1.54, 1.807) is 24.3 Å². The molecule has 10 nitrogen and oxygen atoms in total. The van der Waals surface area contributed by atoms with Crippen molar-refractivity contribution in [2.75, 3.05) is 26.7 Å². The molecule has 2 fully saturated rings. The van der Waals surface area contributed by atoms with Crippen LogP contribution in [0.15, 0.2) is 30.3 Å². The van der Waals surface area contributed by atoms with E-state index < -0.39 is 17.5 Å². The summed E-state index contributed by atoms with van der Waals surface area (Å²) in [5.41, 5.74) is 0.956. The van der Waals surface area contributed by atoms with Gasteiger partial charge in [-0.05, 0) is 60.9 Å². The Balaban J connectivity index is 1.40. The zero-order chi connectivity index (χ0) is 29.1. The summed E-state index contributed by atoms with van der Waals surface area (Å²) in [6.45, 7) is 5.51. The minimum Gasteiger partial charge on any atom is -0.497 e. The standard InChI is InChI=1S/C31H35N5O5/c1-4-21-7-5-6-15-35(16-13-21)28(38)26-11-8-20(2)25(32-26)12-14-31(29(39)33-30(40)34-31)19-36-18-22-9-10-23(41-3)17-24(22)27(36)37/h8-11,17,21H,4-7,13,15-16,18-19H2,1-3H3,(H2,33,34,39,40). The van der Waals surface area contributed by atoms with Crippen molar-refractivity contribution in [1.82, 2.24) is 25.4 Å². The third-order valence-electron chi connectivity index (χ3n) is 8.24. The summed E-state index contributed by atoms with van der Waals surface area (Å²) in [6, 6.07) is 8.04. The van der Waals surface area contributed by atoms with E-state index >= 15 is 0 Å². The Hall–Kier alpha value is -4.39. The number of imide groups is 1. The molecule has 5 amide bonds. The molecule has 5 rings (SSSR count). The highest BCUT2D eigenvalue weighted by Gasteiger charge is 2.48. The Morgan fingerprint density at radius 3 is 2.71 bits per heavy atom. The quantitative estimate of drug-likeness (QED) is 0.431. The number of rotatable bonds is 5. The monoisotopic (exact) mass is 557 g/mol. The van der Waals surface area contributed by atoms with Crippen LogP contribution in [-0.4, -0.2) is 70.8 Å². The lowest BCUT2D eigenvalue weighted by molar-refractivity contribution is -0.122. The van der Waals surface area contributed by atoms with E-state index in [4.69, 9.17) is 4.74 Å². The Morgan fingerprint density at radius 1 is 1.15 bits per heavy atom. The van der Waals surface area contributed by atoms with Crippen LogP contribution in [0, 0.1) is 24.7 Å². The van der Waals surface area contributed by atoms with Crippen LogP contribution < -0.4 is 15.4 Å². The number of carbonyl (C=O) groups excluding carboxylic acids is 4. The number of hydrogen-bond donors (Lipinski definition) is 2. The number of fused-ring (bicyclic) bond motifs is 1. The Bertz CT molecular complexity index is 1460. The molecule has 2 N–H and O–H groups in total. The van der Waals surface area contributed by atoms with Gasteiger partial charge in [-0.3, -0.25) is 19.7 Å². The van der Waals surface area contributed by atoms with Crippen molar-refractivity contribution >= 4 is 23.8 Å². The normalized spacial score (nSPS) is 22.2. The van der Waals surface area contributed by atoms with Crippen LogP contribution in [0.5, 0.6) is 5.75 Å². The minimum absolute atomic E-state index is 0.137. The lowest BCUT2D eigenvalue weighted by atomic mass is 9.93. The first kappa shape index (κ1) is 28.1. The van der Waals surface area contributed by atoms with Crippen molar-refractivity contribution in [2.45, 2.75) is 58.0 Å². The number of carbonyl (C=O) groups is 4. The molecule has 2 atom stereocenters. The third-order valence-corrected chi connectivity index (χ3v) is 8.24. The smallest absolute Gasteiger partial charge is 0.323 e. The number of pyridine rings is 1. The average Bonchev–Trinajstić information content (AvgIpc) is 3.41. The molecule has 1 aromatic heterocycles. The van der Waals surface area contributed by atoms with Crippen molar-refractivity contribution in [3.63, 3.8) is 0 Å². The fourth-order valence-electron chi connectivity index (χ4n) is 5.66. The number of aryl methyl sites for hydroxylation is 1. The highest BCUT2D eigenvalue weighted by atomic mass is 16.5. The van der Waals surface area contributed by atoms with Gasteiger partial charge in [-0.2, -0.15) is 0 Å². The second-order valence-electron chi connectivity index (χ2n) is 11.0. The first-order valence-electron chi connectivity index (χ1n) is 14.1. The molecule has 3 aliphatic heterocycles. The van der Waals surface area contributed by atoms with Crippen molar-refractivity contribution in [2.24, 2.45) is 5.92 Å². The number of benzene rings is 1. The molecule has 2 unspecified atom stereocenters. The van der Waals surface area contributed by atoms with Crippen LogP contribution in [0.1, 0.15) is 76.7 Å². The molecule has 0 aliphatic carbocycles. The number of amides is 5. The Kier molecular flexibility index (Phi) is 7.97. The fraction of sp³-hybridized carbons (Fsp3) is 0.452. The number of nitrogens with zero attached hydrogens (tertiary/aromatic N) is 3. The van der Waals surface area contributed by atoms with Gasteiger partial charge in [0.15, 0.2) is 0 Å². The fourth-order valence-corrected chi connectivity index (χ4v) is 5.66. The SMILES string of the molecule is CCC1CCCCN(C(=O)c2ccc(C)c(C#CC3(CN4Cc5ccc(OC)cc5C4=O)NC(=O)NC3=O)n2)CC1. The predicted octanol–water partition coefficient (Wildman–Crippen LogP) is 3.03. The zero-order valence-electron chi connectivity index (χ0n) is 23.7. The van der Waals surface area contributed by atoms with Gasteiger partial charge in [0.2, 0.25) is 5.54 Å². The van der Waals surface area contributed by atoms with Gasteiger partial charge in [-0.1, -0.05) is 44.2 Å². The van der Waals surface area contributed by atoms with Gasteiger partial charge in [-0.15, -0.1) is 0 Å².